The minimum atomic E-state index is -0.405. The Morgan fingerprint density at radius 1 is 1.12 bits per heavy atom. The van der Waals surface area contributed by atoms with Gasteiger partial charge in [0, 0.05) is 18.8 Å². The molecule has 0 aliphatic carbocycles. The summed E-state index contributed by atoms with van der Waals surface area (Å²) in [5, 5.41) is 2.33. The van der Waals surface area contributed by atoms with E-state index >= 15 is 0 Å². The Hall–Kier alpha value is -0.570. The zero-order chi connectivity index (χ0) is 12.4. The van der Waals surface area contributed by atoms with Crippen LogP contribution in [-0.2, 0) is 9.53 Å². The number of rotatable bonds is 2. The van der Waals surface area contributed by atoms with Crippen molar-refractivity contribution in [2.24, 2.45) is 11.3 Å². The number of hydrogen-bond acceptors (Lipinski definition) is 2. The third kappa shape index (κ3) is 3.48. The van der Waals surface area contributed by atoms with Gasteiger partial charge < -0.3 is 10.1 Å². The summed E-state index contributed by atoms with van der Waals surface area (Å²) in [5.74, 6) is 0.413. The second kappa shape index (κ2) is 4.74. The maximum Gasteiger partial charge on any atom is 0.311 e. The second-order valence-electron chi connectivity index (χ2n) is 6.38. The number of quaternary nitrogens is 1. The number of piperidine rings is 1. The number of carbonyl (C=O) groups excluding carboxylic acids is 1. The number of esters is 1. The van der Waals surface area contributed by atoms with E-state index < -0.39 is 5.41 Å². The molecule has 1 rings (SSSR count). The van der Waals surface area contributed by atoms with Crippen molar-refractivity contribution in [2.45, 2.75) is 53.1 Å². The highest BCUT2D eigenvalue weighted by atomic mass is 16.6. The molecule has 0 aromatic rings. The lowest BCUT2D eigenvalue weighted by atomic mass is 9.83. The lowest BCUT2D eigenvalue weighted by Gasteiger charge is -2.37. The third-order valence-corrected chi connectivity index (χ3v) is 3.39. The van der Waals surface area contributed by atoms with Crippen molar-refractivity contribution < 1.29 is 14.8 Å². The number of hydrogen-bond donors (Lipinski definition) is 1. The first-order valence-electron chi connectivity index (χ1n) is 6.28. The third-order valence-electron chi connectivity index (χ3n) is 3.39. The van der Waals surface area contributed by atoms with Gasteiger partial charge >= 0.3 is 5.97 Å². The molecule has 3 heteroatoms. The summed E-state index contributed by atoms with van der Waals surface area (Å²) in [5.41, 5.74) is -0.726. The van der Waals surface area contributed by atoms with Gasteiger partial charge in [-0.3, -0.25) is 4.79 Å². The summed E-state index contributed by atoms with van der Waals surface area (Å²) >= 11 is 0. The standard InChI is InChI=1S/C13H25NO2/c1-12(2,3)11(15)16-13(4,5)10-6-8-14-9-7-10/h10,14H,6-9H2,1-5H3/p+1. The van der Waals surface area contributed by atoms with Gasteiger partial charge in [-0.1, -0.05) is 0 Å². The molecule has 3 nitrogen and oxygen atoms in total. The minimum Gasteiger partial charge on any atom is -0.459 e. The van der Waals surface area contributed by atoms with Crippen LogP contribution in [0, 0.1) is 11.3 Å². The van der Waals surface area contributed by atoms with Gasteiger partial charge in [-0.2, -0.15) is 0 Å². The molecule has 1 fully saturated rings. The van der Waals surface area contributed by atoms with Crippen LogP contribution in [0.2, 0.25) is 0 Å². The molecule has 94 valence electrons. The summed E-state index contributed by atoms with van der Waals surface area (Å²) < 4.78 is 5.69. The van der Waals surface area contributed by atoms with Crippen LogP contribution in [0.15, 0.2) is 0 Å². The SMILES string of the molecule is CC(C)(C)C(=O)OC(C)(C)C1CC[NH2+]CC1. The Balaban J connectivity index is 2.59. The highest BCUT2D eigenvalue weighted by molar-refractivity contribution is 5.75. The second-order valence-corrected chi connectivity index (χ2v) is 6.38. The maximum absolute atomic E-state index is 11.9. The molecule has 0 atom stereocenters. The summed E-state index contributed by atoms with van der Waals surface area (Å²) in [4.78, 5) is 11.9. The quantitative estimate of drug-likeness (QED) is 0.725. The molecule has 1 saturated heterocycles. The van der Waals surface area contributed by atoms with Crippen molar-refractivity contribution in [2.75, 3.05) is 13.1 Å². The molecule has 16 heavy (non-hydrogen) atoms. The Bertz CT molecular complexity index is 247. The van der Waals surface area contributed by atoms with Crippen molar-refractivity contribution in [3.8, 4) is 0 Å². The van der Waals surface area contributed by atoms with E-state index in [1.54, 1.807) is 0 Å². The van der Waals surface area contributed by atoms with E-state index in [1.807, 2.05) is 34.6 Å². The molecular weight excluding hydrogens is 202 g/mol. The first-order valence-corrected chi connectivity index (χ1v) is 6.28. The van der Waals surface area contributed by atoms with Gasteiger partial charge in [-0.25, -0.2) is 0 Å². The Morgan fingerprint density at radius 2 is 1.62 bits per heavy atom. The van der Waals surface area contributed by atoms with Gasteiger partial charge in [0.05, 0.1) is 18.5 Å². The molecular formula is C13H26NO2+. The first-order chi connectivity index (χ1) is 7.23. The van der Waals surface area contributed by atoms with Crippen LogP contribution in [0.25, 0.3) is 0 Å². The van der Waals surface area contributed by atoms with Gasteiger partial charge in [0.15, 0.2) is 0 Å². The smallest absolute Gasteiger partial charge is 0.311 e. The molecule has 0 radical (unpaired) electrons. The predicted octanol–water partition coefficient (Wildman–Crippen LogP) is 1.33. The van der Waals surface area contributed by atoms with Crippen LogP contribution < -0.4 is 5.32 Å². The first kappa shape index (κ1) is 13.5. The maximum atomic E-state index is 11.9. The number of carbonyl (C=O) groups is 1. The van der Waals surface area contributed by atoms with Gasteiger partial charge in [0.2, 0.25) is 0 Å². The normalized spacial score (nSPS) is 19.6. The number of nitrogens with two attached hydrogens (primary N) is 1. The van der Waals surface area contributed by atoms with Crippen molar-refractivity contribution in [3.05, 3.63) is 0 Å². The van der Waals surface area contributed by atoms with Gasteiger partial charge in [-0.15, -0.1) is 0 Å². The van der Waals surface area contributed by atoms with Crippen molar-refractivity contribution in [1.82, 2.24) is 0 Å². The van der Waals surface area contributed by atoms with Crippen molar-refractivity contribution in [3.63, 3.8) is 0 Å². The van der Waals surface area contributed by atoms with Crippen LogP contribution in [0.1, 0.15) is 47.5 Å². The van der Waals surface area contributed by atoms with Crippen LogP contribution in [0.3, 0.4) is 0 Å². The highest BCUT2D eigenvalue weighted by Crippen LogP contribution is 2.30. The average Bonchev–Trinajstić information content (AvgIpc) is 2.17. The lowest BCUT2D eigenvalue weighted by molar-refractivity contribution is -0.665. The van der Waals surface area contributed by atoms with Gasteiger partial charge in [-0.05, 0) is 34.6 Å². The van der Waals surface area contributed by atoms with Crippen LogP contribution in [-0.4, -0.2) is 24.7 Å². The van der Waals surface area contributed by atoms with Crippen LogP contribution in [0.4, 0.5) is 0 Å². The van der Waals surface area contributed by atoms with Crippen LogP contribution in [0.5, 0.6) is 0 Å². The topological polar surface area (TPSA) is 42.9 Å². The molecule has 2 N–H and O–H groups in total. The van der Waals surface area contributed by atoms with E-state index in [2.05, 4.69) is 5.32 Å². The molecule has 0 saturated carbocycles. The van der Waals surface area contributed by atoms with Gasteiger partial charge in [0.1, 0.15) is 5.60 Å². The van der Waals surface area contributed by atoms with Crippen molar-refractivity contribution >= 4 is 5.97 Å². The fourth-order valence-electron chi connectivity index (χ4n) is 2.10. The van der Waals surface area contributed by atoms with E-state index in [4.69, 9.17) is 4.74 Å². The molecule has 1 aliphatic rings. The molecule has 0 aromatic carbocycles. The molecule has 0 unspecified atom stereocenters. The van der Waals surface area contributed by atoms with Crippen LogP contribution >= 0.6 is 0 Å². The molecule has 1 heterocycles. The summed E-state index contributed by atoms with van der Waals surface area (Å²) in [6.45, 7) is 12.1. The lowest BCUT2D eigenvalue weighted by Crippen LogP contribution is -2.86. The predicted molar refractivity (Wildman–Crippen MR) is 64.0 cm³/mol. The Morgan fingerprint density at radius 3 is 2.06 bits per heavy atom. The molecule has 0 amide bonds. The Kier molecular flexibility index (Phi) is 4.00. The van der Waals surface area contributed by atoms with Gasteiger partial charge in [0.25, 0.3) is 0 Å². The zero-order valence-corrected chi connectivity index (χ0v) is 11.3. The van der Waals surface area contributed by atoms with E-state index in [-0.39, 0.29) is 11.6 Å². The largest absolute Gasteiger partial charge is 0.459 e. The van der Waals surface area contributed by atoms with Crippen molar-refractivity contribution in [1.29, 1.82) is 0 Å². The Labute approximate surface area is 98.9 Å². The molecule has 0 bridgehead atoms. The molecule has 1 aliphatic heterocycles. The van der Waals surface area contributed by atoms with E-state index in [0.717, 1.165) is 25.9 Å². The fraction of sp³-hybridized carbons (Fsp3) is 0.923. The molecule has 0 spiro atoms. The minimum absolute atomic E-state index is 0.0907. The monoisotopic (exact) mass is 228 g/mol. The highest BCUT2D eigenvalue weighted by Gasteiger charge is 2.37. The summed E-state index contributed by atoms with van der Waals surface area (Å²) in [7, 11) is 0. The summed E-state index contributed by atoms with van der Waals surface area (Å²) in [6, 6.07) is 0. The zero-order valence-electron chi connectivity index (χ0n) is 11.3. The summed E-state index contributed by atoms with van der Waals surface area (Å²) in [6.07, 6.45) is 2.29. The van der Waals surface area contributed by atoms with E-state index in [9.17, 15) is 4.79 Å². The van der Waals surface area contributed by atoms with E-state index in [0.29, 0.717) is 5.92 Å². The fourth-order valence-corrected chi connectivity index (χ4v) is 2.10. The number of ether oxygens (including phenoxy) is 1. The molecule has 0 aromatic heterocycles. The van der Waals surface area contributed by atoms with E-state index in [1.165, 1.54) is 0 Å². The average molecular weight is 228 g/mol.